The predicted molar refractivity (Wildman–Crippen MR) is 71.9 cm³/mol. The highest BCUT2D eigenvalue weighted by atomic mass is 16.5. The van der Waals surface area contributed by atoms with Gasteiger partial charge in [-0.05, 0) is 43.5 Å². The van der Waals surface area contributed by atoms with Crippen LogP contribution >= 0.6 is 0 Å². The lowest BCUT2D eigenvalue weighted by Crippen LogP contribution is -2.09. The summed E-state index contributed by atoms with van der Waals surface area (Å²) in [7, 11) is 0. The molecule has 0 atom stereocenters. The number of nitrogens with zero attached hydrogens (tertiary/aromatic N) is 1. The number of benzene rings is 1. The normalized spacial score (nSPS) is 10.1. The van der Waals surface area contributed by atoms with Crippen LogP contribution in [0.4, 0.5) is 0 Å². The molecule has 0 amide bonds. The molecule has 0 aromatic heterocycles. The highest BCUT2D eigenvalue weighted by Gasteiger charge is 2.06. The average molecular weight is 247 g/mol. The lowest BCUT2D eigenvalue weighted by molar-refractivity contribution is 0.0976. The van der Waals surface area contributed by atoms with Gasteiger partial charge in [0.05, 0.1) is 18.2 Å². The molecular formula is C15H21NO2. The van der Waals surface area contributed by atoms with Crippen LogP contribution in [0.2, 0.25) is 0 Å². The van der Waals surface area contributed by atoms with E-state index in [2.05, 4.69) is 13.0 Å². The second-order valence-corrected chi connectivity index (χ2v) is 4.37. The zero-order chi connectivity index (χ0) is 13.4. The number of hydrogen-bond donors (Lipinski definition) is 0. The minimum Gasteiger partial charge on any atom is -0.491 e. The largest absolute Gasteiger partial charge is 0.491 e. The molecule has 1 aromatic rings. The molecule has 0 unspecified atom stereocenters. The van der Waals surface area contributed by atoms with Gasteiger partial charge in [0.1, 0.15) is 12.4 Å². The van der Waals surface area contributed by atoms with E-state index >= 15 is 0 Å². The van der Waals surface area contributed by atoms with Crippen molar-refractivity contribution in [3.05, 3.63) is 28.8 Å². The smallest absolute Gasteiger partial charge is 0.125 e. The third-order valence-corrected chi connectivity index (χ3v) is 2.71. The van der Waals surface area contributed by atoms with Crippen LogP contribution in [-0.2, 0) is 4.74 Å². The fourth-order valence-electron chi connectivity index (χ4n) is 1.79. The van der Waals surface area contributed by atoms with Gasteiger partial charge in [-0.2, -0.15) is 5.26 Å². The SMILES string of the molecule is CCCCOCCOc1c(C)cc(C#N)cc1C. The topological polar surface area (TPSA) is 42.2 Å². The van der Waals surface area contributed by atoms with Gasteiger partial charge >= 0.3 is 0 Å². The summed E-state index contributed by atoms with van der Waals surface area (Å²) in [5, 5.41) is 8.86. The first-order valence-electron chi connectivity index (χ1n) is 6.41. The number of aryl methyl sites for hydroxylation is 2. The summed E-state index contributed by atoms with van der Waals surface area (Å²) in [6.45, 7) is 8.02. The van der Waals surface area contributed by atoms with Crippen LogP contribution in [0.3, 0.4) is 0 Å². The molecule has 3 heteroatoms. The zero-order valence-corrected chi connectivity index (χ0v) is 11.5. The van der Waals surface area contributed by atoms with E-state index in [1.807, 2.05) is 26.0 Å². The molecule has 3 nitrogen and oxygen atoms in total. The van der Waals surface area contributed by atoms with Crippen molar-refractivity contribution in [1.82, 2.24) is 0 Å². The van der Waals surface area contributed by atoms with Crippen molar-refractivity contribution in [2.75, 3.05) is 19.8 Å². The van der Waals surface area contributed by atoms with Crippen molar-refractivity contribution in [2.24, 2.45) is 0 Å². The molecule has 0 aliphatic rings. The lowest BCUT2D eigenvalue weighted by atomic mass is 10.1. The Morgan fingerprint density at radius 1 is 1.11 bits per heavy atom. The molecule has 0 bridgehead atoms. The maximum absolute atomic E-state index is 8.86. The molecule has 18 heavy (non-hydrogen) atoms. The summed E-state index contributed by atoms with van der Waals surface area (Å²) in [5.74, 6) is 0.869. The van der Waals surface area contributed by atoms with Crippen LogP contribution in [0.15, 0.2) is 12.1 Å². The summed E-state index contributed by atoms with van der Waals surface area (Å²) in [5.41, 5.74) is 2.68. The van der Waals surface area contributed by atoms with E-state index in [9.17, 15) is 0 Å². The predicted octanol–water partition coefficient (Wildman–Crippen LogP) is 3.37. The van der Waals surface area contributed by atoms with Crippen molar-refractivity contribution in [3.8, 4) is 11.8 Å². The van der Waals surface area contributed by atoms with Gasteiger partial charge in [0.2, 0.25) is 0 Å². The van der Waals surface area contributed by atoms with Gasteiger partial charge in [-0.1, -0.05) is 13.3 Å². The quantitative estimate of drug-likeness (QED) is 0.694. The Morgan fingerprint density at radius 3 is 2.33 bits per heavy atom. The van der Waals surface area contributed by atoms with E-state index in [0.29, 0.717) is 18.8 Å². The van der Waals surface area contributed by atoms with Crippen LogP contribution in [0.1, 0.15) is 36.5 Å². The van der Waals surface area contributed by atoms with Crippen LogP contribution in [0.5, 0.6) is 5.75 Å². The van der Waals surface area contributed by atoms with Gasteiger partial charge < -0.3 is 9.47 Å². The minimum atomic E-state index is 0.553. The van der Waals surface area contributed by atoms with Crippen molar-refractivity contribution in [1.29, 1.82) is 5.26 Å². The Hall–Kier alpha value is -1.53. The Bertz CT molecular complexity index is 398. The Morgan fingerprint density at radius 2 is 1.78 bits per heavy atom. The Kier molecular flexibility index (Phi) is 6.24. The first-order chi connectivity index (χ1) is 8.69. The maximum atomic E-state index is 8.86. The summed E-state index contributed by atoms with van der Waals surface area (Å²) in [6.07, 6.45) is 2.24. The molecule has 0 saturated heterocycles. The third kappa shape index (κ3) is 4.38. The monoisotopic (exact) mass is 247 g/mol. The summed E-state index contributed by atoms with van der Waals surface area (Å²) < 4.78 is 11.2. The fourth-order valence-corrected chi connectivity index (χ4v) is 1.79. The van der Waals surface area contributed by atoms with Crippen LogP contribution in [0, 0.1) is 25.2 Å². The first-order valence-corrected chi connectivity index (χ1v) is 6.41. The van der Waals surface area contributed by atoms with Gasteiger partial charge in [0.25, 0.3) is 0 Å². The maximum Gasteiger partial charge on any atom is 0.125 e. The molecule has 0 N–H and O–H groups in total. The molecule has 0 fully saturated rings. The van der Waals surface area contributed by atoms with Gasteiger partial charge in [-0.3, -0.25) is 0 Å². The van der Waals surface area contributed by atoms with E-state index in [0.717, 1.165) is 36.3 Å². The number of rotatable bonds is 7. The molecule has 1 rings (SSSR count). The number of unbranched alkanes of at least 4 members (excludes halogenated alkanes) is 1. The molecule has 0 spiro atoms. The summed E-state index contributed by atoms with van der Waals surface area (Å²) in [6, 6.07) is 5.84. The molecule has 1 aromatic carbocycles. The number of hydrogen-bond acceptors (Lipinski definition) is 3. The van der Waals surface area contributed by atoms with Gasteiger partial charge in [-0.25, -0.2) is 0 Å². The third-order valence-electron chi connectivity index (χ3n) is 2.71. The molecule has 0 saturated carbocycles. The van der Waals surface area contributed by atoms with Gasteiger partial charge in [0.15, 0.2) is 0 Å². The average Bonchev–Trinajstić information content (AvgIpc) is 2.35. The fraction of sp³-hybridized carbons (Fsp3) is 0.533. The number of nitriles is 1. The molecule has 98 valence electrons. The summed E-state index contributed by atoms with van der Waals surface area (Å²) in [4.78, 5) is 0. The highest BCUT2D eigenvalue weighted by Crippen LogP contribution is 2.24. The van der Waals surface area contributed by atoms with E-state index in [1.54, 1.807) is 0 Å². The van der Waals surface area contributed by atoms with E-state index in [1.165, 1.54) is 0 Å². The van der Waals surface area contributed by atoms with Gasteiger partial charge in [-0.15, -0.1) is 0 Å². The van der Waals surface area contributed by atoms with Crippen molar-refractivity contribution < 1.29 is 9.47 Å². The van der Waals surface area contributed by atoms with Crippen LogP contribution in [0.25, 0.3) is 0 Å². The Balaban J connectivity index is 2.45. The second-order valence-electron chi connectivity index (χ2n) is 4.37. The first kappa shape index (κ1) is 14.5. The van der Waals surface area contributed by atoms with E-state index in [-0.39, 0.29) is 0 Å². The Labute approximate surface area is 109 Å². The van der Waals surface area contributed by atoms with Crippen molar-refractivity contribution in [3.63, 3.8) is 0 Å². The molecular weight excluding hydrogens is 226 g/mol. The lowest BCUT2D eigenvalue weighted by Gasteiger charge is -2.12. The molecule has 0 heterocycles. The minimum absolute atomic E-state index is 0.553. The van der Waals surface area contributed by atoms with E-state index in [4.69, 9.17) is 14.7 Å². The molecule has 0 aliphatic carbocycles. The van der Waals surface area contributed by atoms with Crippen molar-refractivity contribution in [2.45, 2.75) is 33.6 Å². The second kappa shape index (κ2) is 7.73. The zero-order valence-electron chi connectivity index (χ0n) is 11.5. The number of ether oxygens (including phenoxy) is 2. The highest BCUT2D eigenvalue weighted by molar-refractivity contribution is 5.47. The summed E-state index contributed by atoms with van der Waals surface area (Å²) >= 11 is 0. The molecule has 0 radical (unpaired) electrons. The van der Waals surface area contributed by atoms with Crippen molar-refractivity contribution >= 4 is 0 Å². The van der Waals surface area contributed by atoms with E-state index < -0.39 is 0 Å². The van der Waals surface area contributed by atoms with Gasteiger partial charge in [0, 0.05) is 6.61 Å². The van der Waals surface area contributed by atoms with Crippen LogP contribution in [-0.4, -0.2) is 19.8 Å². The molecule has 0 aliphatic heterocycles. The van der Waals surface area contributed by atoms with Crippen LogP contribution < -0.4 is 4.74 Å². The standard InChI is InChI=1S/C15H21NO2/c1-4-5-6-17-7-8-18-15-12(2)9-14(11-16)10-13(15)3/h9-10H,4-8H2,1-3H3.